The standard InChI is InChI=1S/C16H18N4O2/c1-11-9-20(15(11)12-6-4-3-5-7-12)16(21)19-13-8-14(22-2)18-10-17-13/h3-8,10-11,15H,9H2,1-2H3,(H,17,18,19,21). The van der Waals surface area contributed by atoms with Gasteiger partial charge in [0.05, 0.1) is 13.2 Å². The van der Waals surface area contributed by atoms with Crippen LogP contribution in [-0.4, -0.2) is 34.6 Å². The Hall–Kier alpha value is -2.63. The third-order valence-corrected chi connectivity index (χ3v) is 3.85. The first-order chi connectivity index (χ1) is 10.7. The molecule has 6 heteroatoms. The predicted molar refractivity (Wildman–Crippen MR) is 82.7 cm³/mol. The Kier molecular flexibility index (Phi) is 3.91. The average molecular weight is 298 g/mol. The second-order valence-electron chi connectivity index (χ2n) is 5.36. The lowest BCUT2D eigenvalue weighted by Crippen LogP contribution is -2.53. The lowest BCUT2D eigenvalue weighted by atomic mass is 9.85. The quantitative estimate of drug-likeness (QED) is 0.946. The number of methoxy groups -OCH3 is 1. The number of nitrogens with one attached hydrogen (secondary N) is 1. The lowest BCUT2D eigenvalue weighted by molar-refractivity contribution is 0.0670. The lowest BCUT2D eigenvalue weighted by Gasteiger charge is -2.46. The Bertz CT molecular complexity index is 662. The highest BCUT2D eigenvalue weighted by atomic mass is 16.5. The minimum Gasteiger partial charge on any atom is -0.481 e. The number of nitrogens with zero attached hydrogens (tertiary/aromatic N) is 3. The molecule has 2 aromatic rings. The van der Waals surface area contributed by atoms with E-state index in [1.807, 2.05) is 35.2 Å². The molecule has 1 fully saturated rings. The maximum Gasteiger partial charge on any atom is 0.323 e. The van der Waals surface area contributed by atoms with Gasteiger partial charge in [0.25, 0.3) is 0 Å². The molecule has 2 unspecified atom stereocenters. The van der Waals surface area contributed by atoms with Gasteiger partial charge in [0.1, 0.15) is 12.1 Å². The van der Waals surface area contributed by atoms with E-state index >= 15 is 0 Å². The van der Waals surface area contributed by atoms with Gasteiger partial charge < -0.3 is 9.64 Å². The summed E-state index contributed by atoms with van der Waals surface area (Å²) in [5, 5.41) is 2.79. The Morgan fingerprint density at radius 1 is 1.32 bits per heavy atom. The molecule has 114 valence electrons. The zero-order valence-electron chi connectivity index (χ0n) is 12.6. The molecule has 1 aromatic carbocycles. The summed E-state index contributed by atoms with van der Waals surface area (Å²) in [5.74, 6) is 1.29. The van der Waals surface area contributed by atoms with E-state index in [1.54, 1.807) is 6.07 Å². The molecule has 1 N–H and O–H groups in total. The van der Waals surface area contributed by atoms with Crippen LogP contribution in [0.2, 0.25) is 0 Å². The largest absolute Gasteiger partial charge is 0.481 e. The van der Waals surface area contributed by atoms with Gasteiger partial charge in [-0.15, -0.1) is 0 Å². The van der Waals surface area contributed by atoms with E-state index in [2.05, 4.69) is 22.2 Å². The number of amides is 2. The summed E-state index contributed by atoms with van der Waals surface area (Å²) < 4.78 is 5.03. The number of hydrogen-bond acceptors (Lipinski definition) is 4. The predicted octanol–water partition coefficient (Wildman–Crippen LogP) is 2.71. The number of carbonyl (C=O) groups excluding carboxylic acids is 1. The highest BCUT2D eigenvalue weighted by Crippen LogP contribution is 2.38. The van der Waals surface area contributed by atoms with E-state index in [0.717, 1.165) is 12.1 Å². The van der Waals surface area contributed by atoms with Crippen molar-refractivity contribution >= 4 is 11.8 Å². The van der Waals surface area contributed by atoms with E-state index in [4.69, 9.17) is 4.74 Å². The van der Waals surface area contributed by atoms with E-state index in [1.165, 1.54) is 13.4 Å². The molecule has 2 heterocycles. The van der Waals surface area contributed by atoms with Crippen molar-refractivity contribution in [3.05, 3.63) is 48.3 Å². The molecule has 22 heavy (non-hydrogen) atoms. The van der Waals surface area contributed by atoms with Gasteiger partial charge in [-0.05, 0) is 11.5 Å². The van der Waals surface area contributed by atoms with Crippen molar-refractivity contribution in [3.8, 4) is 5.88 Å². The fraction of sp³-hybridized carbons (Fsp3) is 0.312. The summed E-state index contributed by atoms with van der Waals surface area (Å²) in [4.78, 5) is 22.2. The van der Waals surface area contributed by atoms with E-state index in [9.17, 15) is 4.79 Å². The van der Waals surface area contributed by atoms with Crippen LogP contribution in [-0.2, 0) is 0 Å². The normalized spacial score (nSPS) is 20.2. The molecule has 0 saturated carbocycles. The van der Waals surface area contributed by atoms with Gasteiger partial charge in [-0.3, -0.25) is 5.32 Å². The van der Waals surface area contributed by atoms with E-state index < -0.39 is 0 Å². The van der Waals surface area contributed by atoms with Crippen LogP contribution in [0.25, 0.3) is 0 Å². The Morgan fingerprint density at radius 2 is 2.09 bits per heavy atom. The van der Waals surface area contributed by atoms with Crippen molar-refractivity contribution in [1.29, 1.82) is 0 Å². The molecular formula is C16H18N4O2. The minimum absolute atomic E-state index is 0.102. The number of aromatic nitrogens is 2. The number of urea groups is 1. The number of benzene rings is 1. The molecule has 2 atom stereocenters. The van der Waals surface area contributed by atoms with Crippen molar-refractivity contribution in [2.75, 3.05) is 19.0 Å². The van der Waals surface area contributed by atoms with Crippen molar-refractivity contribution in [2.45, 2.75) is 13.0 Å². The van der Waals surface area contributed by atoms with Crippen molar-refractivity contribution in [3.63, 3.8) is 0 Å². The van der Waals surface area contributed by atoms with Crippen LogP contribution in [0.3, 0.4) is 0 Å². The van der Waals surface area contributed by atoms with Crippen LogP contribution in [0, 0.1) is 5.92 Å². The molecule has 1 aliphatic rings. The minimum atomic E-state index is -0.160. The fourth-order valence-corrected chi connectivity index (χ4v) is 2.76. The maximum atomic E-state index is 12.4. The van der Waals surface area contributed by atoms with Crippen molar-refractivity contribution < 1.29 is 9.53 Å². The smallest absolute Gasteiger partial charge is 0.323 e. The van der Waals surface area contributed by atoms with Gasteiger partial charge in [0, 0.05) is 12.6 Å². The first-order valence-corrected chi connectivity index (χ1v) is 7.17. The van der Waals surface area contributed by atoms with E-state index in [0.29, 0.717) is 17.6 Å². The summed E-state index contributed by atoms with van der Waals surface area (Å²) in [6, 6.07) is 11.6. The Labute approximate surface area is 129 Å². The topological polar surface area (TPSA) is 67.3 Å². The monoisotopic (exact) mass is 298 g/mol. The summed E-state index contributed by atoms with van der Waals surface area (Å²) in [6.07, 6.45) is 1.36. The molecule has 1 aliphatic heterocycles. The number of carbonyl (C=O) groups is 1. The summed E-state index contributed by atoms with van der Waals surface area (Å²) in [7, 11) is 1.52. The Morgan fingerprint density at radius 3 is 2.77 bits per heavy atom. The van der Waals surface area contributed by atoms with Crippen LogP contribution < -0.4 is 10.1 Å². The van der Waals surface area contributed by atoms with Crippen LogP contribution in [0.15, 0.2) is 42.7 Å². The van der Waals surface area contributed by atoms with Crippen LogP contribution in [0.4, 0.5) is 10.6 Å². The number of ether oxygens (including phenoxy) is 1. The zero-order chi connectivity index (χ0) is 15.5. The molecule has 2 amide bonds. The Balaban J connectivity index is 1.72. The highest BCUT2D eigenvalue weighted by molar-refractivity contribution is 5.89. The van der Waals surface area contributed by atoms with Gasteiger partial charge in [0.15, 0.2) is 0 Å². The van der Waals surface area contributed by atoms with Gasteiger partial charge in [-0.25, -0.2) is 14.8 Å². The van der Waals surface area contributed by atoms with Gasteiger partial charge >= 0.3 is 6.03 Å². The van der Waals surface area contributed by atoms with E-state index in [-0.39, 0.29) is 12.1 Å². The number of hydrogen-bond donors (Lipinski definition) is 1. The maximum absolute atomic E-state index is 12.4. The molecular weight excluding hydrogens is 280 g/mol. The fourth-order valence-electron chi connectivity index (χ4n) is 2.76. The van der Waals surface area contributed by atoms with Crippen LogP contribution >= 0.6 is 0 Å². The van der Waals surface area contributed by atoms with Gasteiger partial charge in [0.2, 0.25) is 5.88 Å². The number of anilines is 1. The third-order valence-electron chi connectivity index (χ3n) is 3.85. The molecule has 0 bridgehead atoms. The molecule has 3 rings (SSSR count). The molecule has 1 aromatic heterocycles. The average Bonchev–Trinajstić information content (AvgIpc) is 2.53. The number of likely N-dealkylation sites (tertiary alicyclic amines) is 1. The molecule has 0 aliphatic carbocycles. The van der Waals surface area contributed by atoms with Crippen molar-refractivity contribution in [1.82, 2.24) is 14.9 Å². The molecule has 1 saturated heterocycles. The van der Waals surface area contributed by atoms with Crippen LogP contribution in [0.1, 0.15) is 18.5 Å². The van der Waals surface area contributed by atoms with Crippen molar-refractivity contribution in [2.24, 2.45) is 5.92 Å². The molecule has 0 spiro atoms. The molecule has 0 radical (unpaired) electrons. The SMILES string of the molecule is COc1cc(NC(=O)N2CC(C)C2c2ccccc2)ncn1. The summed E-state index contributed by atoms with van der Waals surface area (Å²) >= 11 is 0. The zero-order valence-corrected chi connectivity index (χ0v) is 12.6. The molecule has 6 nitrogen and oxygen atoms in total. The summed E-state index contributed by atoms with van der Waals surface area (Å²) in [6.45, 7) is 2.88. The first kappa shape index (κ1) is 14.3. The number of rotatable bonds is 3. The van der Waals surface area contributed by atoms with Gasteiger partial charge in [-0.1, -0.05) is 37.3 Å². The third kappa shape index (κ3) is 2.72. The second-order valence-corrected chi connectivity index (χ2v) is 5.36. The van der Waals surface area contributed by atoms with Crippen LogP contribution in [0.5, 0.6) is 5.88 Å². The van der Waals surface area contributed by atoms with Gasteiger partial charge in [-0.2, -0.15) is 0 Å². The highest BCUT2D eigenvalue weighted by Gasteiger charge is 2.40. The first-order valence-electron chi connectivity index (χ1n) is 7.17. The second kappa shape index (κ2) is 6.01. The summed E-state index contributed by atoms with van der Waals surface area (Å²) in [5.41, 5.74) is 1.15.